The minimum Gasteiger partial charge on any atom is -0.497 e. The Labute approximate surface area is 126 Å². The first-order chi connectivity index (χ1) is 10.6. The second-order valence-electron chi connectivity index (χ2n) is 4.81. The third-order valence-corrected chi connectivity index (χ3v) is 3.51. The molecule has 0 aliphatic carbocycles. The average Bonchev–Trinajstić information content (AvgIpc) is 2.80. The standard InChI is InChI=1S/C16H14N2O4/c1-22-11-8-6-10(7-9-11)14(19)17-18-15(20)12-4-2-3-5-13(12)16(18)21/h2-9,15,20H,1H3,(H,17,19). The molecule has 3 rings (SSSR count). The topological polar surface area (TPSA) is 78.9 Å². The molecule has 1 unspecified atom stereocenters. The maximum atomic E-state index is 12.2. The molecular weight excluding hydrogens is 284 g/mol. The van der Waals surface area contributed by atoms with Crippen LogP contribution < -0.4 is 10.2 Å². The summed E-state index contributed by atoms with van der Waals surface area (Å²) in [6, 6.07) is 13.1. The highest BCUT2D eigenvalue weighted by atomic mass is 16.5. The van der Waals surface area contributed by atoms with E-state index in [1.165, 1.54) is 7.11 Å². The van der Waals surface area contributed by atoms with Gasteiger partial charge in [0.05, 0.1) is 7.11 Å². The van der Waals surface area contributed by atoms with E-state index in [0.29, 0.717) is 22.4 Å². The zero-order chi connectivity index (χ0) is 15.7. The van der Waals surface area contributed by atoms with E-state index >= 15 is 0 Å². The summed E-state index contributed by atoms with van der Waals surface area (Å²) in [7, 11) is 1.53. The number of hydrazine groups is 1. The predicted octanol–water partition coefficient (Wildman–Crippen LogP) is 1.49. The fraction of sp³-hybridized carbons (Fsp3) is 0.125. The molecule has 1 aliphatic rings. The van der Waals surface area contributed by atoms with Crippen molar-refractivity contribution in [3.05, 3.63) is 65.2 Å². The number of hydrogen-bond donors (Lipinski definition) is 2. The molecule has 2 aromatic carbocycles. The normalized spacial score (nSPS) is 16.4. The van der Waals surface area contributed by atoms with E-state index in [4.69, 9.17) is 4.74 Å². The van der Waals surface area contributed by atoms with Gasteiger partial charge in [-0.15, -0.1) is 0 Å². The van der Waals surface area contributed by atoms with Crippen molar-refractivity contribution >= 4 is 11.8 Å². The van der Waals surface area contributed by atoms with Gasteiger partial charge in [-0.1, -0.05) is 18.2 Å². The summed E-state index contributed by atoms with van der Waals surface area (Å²) in [5.41, 5.74) is 3.65. The van der Waals surface area contributed by atoms with Crippen molar-refractivity contribution < 1.29 is 19.4 Å². The molecule has 6 heteroatoms. The van der Waals surface area contributed by atoms with Gasteiger partial charge in [0.25, 0.3) is 11.8 Å². The molecule has 112 valence electrons. The largest absolute Gasteiger partial charge is 0.497 e. The molecule has 6 nitrogen and oxygen atoms in total. The lowest BCUT2D eigenvalue weighted by atomic mass is 10.1. The van der Waals surface area contributed by atoms with Crippen molar-refractivity contribution in [1.29, 1.82) is 0 Å². The quantitative estimate of drug-likeness (QED) is 0.900. The van der Waals surface area contributed by atoms with Gasteiger partial charge in [0.2, 0.25) is 0 Å². The Kier molecular flexibility index (Phi) is 3.52. The van der Waals surface area contributed by atoms with E-state index in [9.17, 15) is 14.7 Å². The van der Waals surface area contributed by atoms with Gasteiger partial charge in [-0.2, -0.15) is 0 Å². The van der Waals surface area contributed by atoms with Crippen molar-refractivity contribution in [3.63, 3.8) is 0 Å². The van der Waals surface area contributed by atoms with E-state index in [1.54, 1.807) is 48.5 Å². The minimum atomic E-state index is -1.19. The van der Waals surface area contributed by atoms with Crippen LogP contribution in [0.15, 0.2) is 48.5 Å². The van der Waals surface area contributed by atoms with Crippen molar-refractivity contribution in [1.82, 2.24) is 10.4 Å². The van der Waals surface area contributed by atoms with Crippen LogP contribution >= 0.6 is 0 Å². The van der Waals surface area contributed by atoms with Crippen molar-refractivity contribution in [3.8, 4) is 5.75 Å². The van der Waals surface area contributed by atoms with E-state index < -0.39 is 18.0 Å². The number of aliphatic hydroxyl groups excluding tert-OH is 1. The summed E-state index contributed by atoms with van der Waals surface area (Å²) in [6.07, 6.45) is -1.19. The van der Waals surface area contributed by atoms with Crippen LogP contribution in [-0.4, -0.2) is 29.0 Å². The minimum absolute atomic E-state index is 0.358. The second-order valence-corrected chi connectivity index (χ2v) is 4.81. The molecule has 1 atom stereocenters. The van der Waals surface area contributed by atoms with Gasteiger partial charge in [-0.05, 0) is 30.3 Å². The number of rotatable bonds is 3. The number of fused-ring (bicyclic) bond motifs is 1. The van der Waals surface area contributed by atoms with Crippen molar-refractivity contribution in [2.24, 2.45) is 0 Å². The second kappa shape index (κ2) is 5.50. The smallest absolute Gasteiger partial charge is 0.275 e. The Morgan fingerprint density at radius 2 is 1.86 bits per heavy atom. The summed E-state index contributed by atoms with van der Waals surface area (Å²) >= 11 is 0. The predicted molar refractivity (Wildman–Crippen MR) is 78.0 cm³/mol. The van der Waals surface area contributed by atoms with Crippen molar-refractivity contribution in [2.45, 2.75) is 6.23 Å². The van der Waals surface area contributed by atoms with E-state index in [1.807, 2.05) is 0 Å². The van der Waals surface area contributed by atoms with Crippen molar-refractivity contribution in [2.75, 3.05) is 7.11 Å². The third kappa shape index (κ3) is 2.29. The number of hydrogen-bond acceptors (Lipinski definition) is 4. The molecule has 2 N–H and O–H groups in total. The number of benzene rings is 2. The van der Waals surface area contributed by atoms with E-state index in [-0.39, 0.29) is 0 Å². The average molecular weight is 298 g/mol. The van der Waals surface area contributed by atoms with Crippen LogP contribution in [0, 0.1) is 0 Å². The van der Waals surface area contributed by atoms with Gasteiger partial charge in [0.15, 0.2) is 6.23 Å². The molecule has 2 aromatic rings. The molecule has 0 fully saturated rings. The molecule has 0 aromatic heterocycles. The van der Waals surface area contributed by atoms with Gasteiger partial charge in [0, 0.05) is 16.7 Å². The third-order valence-electron chi connectivity index (χ3n) is 3.51. The lowest BCUT2D eigenvalue weighted by molar-refractivity contribution is -0.00617. The molecule has 0 saturated carbocycles. The number of aliphatic hydroxyl groups is 1. The first-order valence-corrected chi connectivity index (χ1v) is 6.67. The van der Waals surface area contributed by atoms with Crippen LogP contribution in [0.3, 0.4) is 0 Å². The zero-order valence-electron chi connectivity index (χ0n) is 11.8. The molecular formula is C16H14N2O4. The van der Waals surface area contributed by atoms with Crippen LogP contribution in [-0.2, 0) is 0 Å². The number of ether oxygens (including phenoxy) is 1. The molecule has 22 heavy (non-hydrogen) atoms. The first-order valence-electron chi connectivity index (χ1n) is 6.67. The van der Waals surface area contributed by atoms with Gasteiger partial charge >= 0.3 is 0 Å². The zero-order valence-corrected chi connectivity index (χ0v) is 11.8. The summed E-state index contributed by atoms with van der Waals surface area (Å²) in [4.78, 5) is 24.4. The Morgan fingerprint density at radius 3 is 2.50 bits per heavy atom. The molecule has 1 aliphatic heterocycles. The maximum absolute atomic E-state index is 12.2. The summed E-state index contributed by atoms with van der Waals surface area (Å²) in [6.45, 7) is 0. The fourth-order valence-electron chi connectivity index (χ4n) is 2.33. The highest BCUT2D eigenvalue weighted by molar-refractivity contribution is 6.02. The molecule has 1 heterocycles. The number of carbonyl (C=O) groups excluding carboxylic acids is 2. The summed E-state index contributed by atoms with van der Waals surface area (Å²) < 4.78 is 5.02. The highest BCUT2D eigenvalue weighted by Crippen LogP contribution is 2.29. The highest BCUT2D eigenvalue weighted by Gasteiger charge is 2.36. The molecule has 0 saturated heterocycles. The lowest BCUT2D eigenvalue weighted by Gasteiger charge is -2.21. The van der Waals surface area contributed by atoms with Crippen LogP contribution in [0.2, 0.25) is 0 Å². The Bertz CT molecular complexity index is 727. The molecule has 0 bridgehead atoms. The number of carbonyl (C=O) groups is 2. The monoisotopic (exact) mass is 298 g/mol. The fourth-order valence-corrected chi connectivity index (χ4v) is 2.33. The van der Waals surface area contributed by atoms with Crippen LogP contribution in [0.5, 0.6) is 5.75 Å². The maximum Gasteiger partial charge on any atom is 0.275 e. The van der Waals surface area contributed by atoms with Crippen LogP contribution in [0.1, 0.15) is 32.5 Å². The van der Waals surface area contributed by atoms with Gasteiger partial charge in [0.1, 0.15) is 5.75 Å². The van der Waals surface area contributed by atoms with Crippen LogP contribution in [0.25, 0.3) is 0 Å². The van der Waals surface area contributed by atoms with Crippen LogP contribution in [0.4, 0.5) is 0 Å². The Hall–Kier alpha value is -2.86. The number of methoxy groups -OCH3 is 1. The number of nitrogens with one attached hydrogen (secondary N) is 1. The Morgan fingerprint density at radius 1 is 1.18 bits per heavy atom. The molecule has 0 radical (unpaired) electrons. The Balaban J connectivity index is 1.79. The van der Waals surface area contributed by atoms with E-state index in [2.05, 4.69) is 5.43 Å². The van der Waals surface area contributed by atoms with Gasteiger partial charge < -0.3 is 9.84 Å². The molecule has 0 spiro atoms. The SMILES string of the molecule is COc1ccc(C(=O)NN2C(=O)c3ccccc3C2O)cc1. The summed E-state index contributed by atoms with van der Waals surface area (Å²) in [5, 5.41) is 11.1. The first kappa shape index (κ1) is 14.1. The number of amides is 2. The van der Waals surface area contributed by atoms with Gasteiger partial charge in [-0.3, -0.25) is 15.0 Å². The van der Waals surface area contributed by atoms with Gasteiger partial charge in [-0.25, -0.2) is 5.01 Å². The molecule has 2 amide bonds. The summed E-state index contributed by atoms with van der Waals surface area (Å²) in [5.74, 6) is -0.297. The number of nitrogens with zero attached hydrogens (tertiary/aromatic N) is 1. The lowest BCUT2D eigenvalue weighted by Crippen LogP contribution is -2.44. The van der Waals surface area contributed by atoms with E-state index in [0.717, 1.165) is 5.01 Å².